The van der Waals surface area contributed by atoms with Gasteiger partial charge in [-0.3, -0.25) is 9.36 Å². The molecule has 1 amide bonds. The van der Waals surface area contributed by atoms with Gasteiger partial charge in [0.25, 0.3) is 5.91 Å². The summed E-state index contributed by atoms with van der Waals surface area (Å²) in [5.41, 5.74) is 9.54. The van der Waals surface area contributed by atoms with Crippen LogP contribution >= 0.6 is 0 Å². The summed E-state index contributed by atoms with van der Waals surface area (Å²) in [5, 5.41) is 0. The molecule has 146 valence electrons. The van der Waals surface area contributed by atoms with E-state index in [-0.39, 0.29) is 17.8 Å². The molecule has 1 aliphatic carbocycles. The van der Waals surface area contributed by atoms with Crippen LogP contribution in [0.2, 0.25) is 0 Å². The fourth-order valence-electron chi connectivity index (χ4n) is 4.43. The fraction of sp³-hybridized carbons (Fsp3) is 0.381. The summed E-state index contributed by atoms with van der Waals surface area (Å²) < 4.78 is 11.5. The van der Waals surface area contributed by atoms with Gasteiger partial charge in [-0.1, -0.05) is 32.0 Å². The van der Waals surface area contributed by atoms with Crippen molar-refractivity contribution in [1.29, 1.82) is 0 Å². The van der Waals surface area contributed by atoms with Crippen molar-refractivity contribution in [1.82, 2.24) is 10.3 Å². The largest absolute Gasteiger partial charge is 0.464 e. The normalized spacial score (nSPS) is 19.8. The lowest BCUT2D eigenvalue weighted by molar-refractivity contribution is -0.123. The van der Waals surface area contributed by atoms with Crippen molar-refractivity contribution in [3.8, 4) is 5.69 Å². The molecule has 0 aliphatic heterocycles. The standard InChI is InChI=1S/C21H22N2O5/c1-20(2)11-21(3,19(22)26)14-13(20)15(17(24)27-4)23(16(14)18(25)28-5)12-9-7-6-8-10-12/h6-10H,11H2,1-5H3. The minimum atomic E-state index is -1.36. The SMILES string of the molecule is COC(=O)c1c2c(c(C(=O)OC)n1-c1ccccc1)C(C)(C([N])=O)CC2(C)C. The van der Waals surface area contributed by atoms with E-state index in [0.717, 1.165) is 0 Å². The molecule has 1 aromatic heterocycles. The molecule has 0 bridgehead atoms. The molecule has 2 aromatic rings. The number of ether oxygens (including phenoxy) is 2. The van der Waals surface area contributed by atoms with E-state index in [1.165, 1.54) is 18.8 Å². The predicted molar refractivity (Wildman–Crippen MR) is 101 cm³/mol. The van der Waals surface area contributed by atoms with E-state index in [1.807, 2.05) is 19.9 Å². The Labute approximate surface area is 163 Å². The second kappa shape index (κ2) is 6.51. The molecule has 3 rings (SSSR count). The first-order chi connectivity index (χ1) is 13.1. The number of benzene rings is 1. The van der Waals surface area contributed by atoms with Crippen molar-refractivity contribution >= 4 is 17.8 Å². The van der Waals surface area contributed by atoms with Crippen LogP contribution < -0.4 is 5.73 Å². The van der Waals surface area contributed by atoms with Crippen molar-refractivity contribution in [3.63, 3.8) is 0 Å². The molecular weight excluding hydrogens is 360 g/mol. The first kappa shape index (κ1) is 19.7. The van der Waals surface area contributed by atoms with Gasteiger partial charge in [-0.05, 0) is 36.5 Å². The van der Waals surface area contributed by atoms with Crippen LogP contribution in [0, 0.1) is 0 Å². The highest BCUT2D eigenvalue weighted by molar-refractivity contribution is 6.02. The Morgan fingerprint density at radius 1 is 0.929 bits per heavy atom. The number of nitrogens with zero attached hydrogens (tertiary/aromatic N) is 2. The van der Waals surface area contributed by atoms with Crippen LogP contribution in [0.3, 0.4) is 0 Å². The van der Waals surface area contributed by atoms with Crippen LogP contribution in [0.1, 0.15) is 59.3 Å². The van der Waals surface area contributed by atoms with Crippen LogP contribution in [0.15, 0.2) is 30.3 Å². The fourth-order valence-corrected chi connectivity index (χ4v) is 4.43. The lowest BCUT2D eigenvalue weighted by Gasteiger charge is -2.26. The summed E-state index contributed by atoms with van der Waals surface area (Å²) in [6, 6.07) is 8.81. The van der Waals surface area contributed by atoms with E-state index in [1.54, 1.807) is 31.2 Å². The van der Waals surface area contributed by atoms with Crippen molar-refractivity contribution in [3.05, 3.63) is 52.8 Å². The van der Waals surface area contributed by atoms with Gasteiger partial charge in [0.05, 0.1) is 19.6 Å². The molecule has 1 unspecified atom stereocenters. The van der Waals surface area contributed by atoms with Gasteiger partial charge in [0.1, 0.15) is 11.4 Å². The van der Waals surface area contributed by atoms with Gasteiger partial charge < -0.3 is 9.47 Å². The second-order valence-electron chi connectivity index (χ2n) is 7.80. The molecule has 28 heavy (non-hydrogen) atoms. The highest BCUT2D eigenvalue weighted by atomic mass is 16.5. The molecule has 7 nitrogen and oxygen atoms in total. The van der Waals surface area contributed by atoms with E-state index < -0.39 is 28.7 Å². The molecule has 2 radical (unpaired) electrons. The third-order valence-electron chi connectivity index (χ3n) is 5.44. The zero-order chi connectivity index (χ0) is 20.9. The van der Waals surface area contributed by atoms with E-state index in [0.29, 0.717) is 16.8 Å². The molecule has 1 heterocycles. The number of para-hydroxylation sites is 1. The number of hydrogen-bond acceptors (Lipinski definition) is 5. The van der Waals surface area contributed by atoms with Gasteiger partial charge in [0, 0.05) is 11.3 Å². The van der Waals surface area contributed by atoms with Gasteiger partial charge >= 0.3 is 11.9 Å². The van der Waals surface area contributed by atoms with Crippen LogP contribution in [0.5, 0.6) is 0 Å². The summed E-state index contributed by atoms with van der Waals surface area (Å²) in [7, 11) is 2.49. The van der Waals surface area contributed by atoms with Crippen LogP contribution in [0.4, 0.5) is 0 Å². The molecule has 0 spiro atoms. The molecule has 0 saturated carbocycles. The number of carbonyl (C=O) groups excluding carboxylic acids is 3. The highest BCUT2D eigenvalue weighted by Gasteiger charge is 2.56. The lowest BCUT2D eigenvalue weighted by Crippen LogP contribution is -2.35. The highest BCUT2D eigenvalue weighted by Crippen LogP contribution is 2.54. The number of amides is 1. The number of methoxy groups -OCH3 is 2. The summed E-state index contributed by atoms with van der Waals surface area (Å²) in [5.74, 6) is -2.41. The third kappa shape index (κ3) is 2.61. The summed E-state index contributed by atoms with van der Waals surface area (Å²) in [4.78, 5) is 37.9. The second-order valence-corrected chi connectivity index (χ2v) is 7.80. The maximum absolute atomic E-state index is 12.8. The van der Waals surface area contributed by atoms with Crippen molar-refractivity contribution in [2.45, 2.75) is 38.0 Å². The third-order valence-corrected chi connectivity index (χ3v) is 5.44. The zero-order valence-electron chi connectivity index (χ0n) is 16.5. The topological polar surface area (TPSA) is 96.9 Å². The number of esters is 2. The molecule has 1 aliphatic rings. The Balaban J connectivity index is 2.56. The lowest BCUT2D eigenvalue weighted by atomic mass is 9.78. The first-order valence-corrected chi connectivity index (χ1v) is 8.85. The Kier molecular flexibility index (Phi) is 4.57. The van der Waals surface area contributed by atoms with Gasteiger partial charge in [0.15, 0.2) is 0 Å². The van der Waals surface area contributed by atoms with E-state index >= 15 is 0 Å². The van der Waals surface area contributed by atoms with E-state index in [2.05, 4.69) is 0 Å². The summed E-state index contributed by atoms with van der Waals surface area (Å²) >= 11 is 0. The van der Waals surface area contributed by atoms with Gasteiger partial charge in [-0.25, -0.2) is 9.59 Å². The van der Waals surface area contributed by atoms with Gasteiger partial charge in [-0.2, -0.15) is 0 Å². The summed E-state index contributed by atoms with van der Waals surface area (Å²) in [6.45, 7) is 5.30. The smallest absolute Gasteiger partial charge is 0.355 e. The van der Waals surface area contributed by atoms with E-state index in [9.17, 15) is 20.1 Å². The predicted octanol–water partition coefficient (Wildman–Crippen LogP) is 2.58. The maximum Gasteiger partial charge on any atom is 0.355 e. The first-order valence-electron chi connectivity index (χ1n) is 8.85. The molecule has 7 heteroatoms. The molecule has 0 fully saturated rings. The van der Waals surface area contributed by atoms with Gasteiger partial charge in [-0.15, -0.1) is 5.73 Å². The maximum atomic E-state index is 12.8. The number of rotatable bonds is 4. The number of aromatic nitrogens is 1. The van der Waals surface area contributed by atoms with Crippen molar-refractivity contribution in [2.24, 2.45) is 0 Å². The Hall–Kier alpha value is -3.09. The monoisotopic (exact) mass is 382 g/mol. The van der Waals surface area contributed by atoms with Crippen LogP contribution in [-0.2, 0) is 25.1 Å². The Morgan fingerprint density at radius 3 is 1.89 bits per heavy atom. The zero-order valence-corrected chi connectivity index (χ0v) is 16.5. The number of fused-ring (bicyclic) bond motifs is 1. The summed E-state index contributed by atoms with van der Waals surface area (Å²) in [6.07, 6.45) is 0.240. The Morgan fingerprint density at radius 2 is 1.43 bits per heavy atom. The van der Waals surface area contributed by atoms with Gasteiger partial charge in [0.2, 0.25) is 0 Å². The van der Waals surface area contributed by atoms with Crippen LogP contribution in [0.25, 0.3) is 5.69 Å². The minimum absolute atomic E-state index is 0.0413. The average molecular weight is 382 g/mol. The number of carbonyl (C=O) groups is 3. The van der Waals surface area contributed by atoms with Crippen molar-refractivity contribution < 1.29 is 23.9 Å². The molecule has 1 aromatic carbocycles. The average Bonchev–Trinajstić information content (AvgIpc) is 3.13. The number of hydrogen-bond donors (Lipinski definition) is 0. The molecule has 1 atom stereocenters. The molecule has 0 N–H and O–H groups in total. The molecule has 0 saturated heterocycles. The minimum Gasteiger partial charge on any atom is -0.464 e. The van der Waals surface area contributed by atoms with E-state index in [4.69, 9.17) is 9.47 Å². The van der Waals surface area contributed by atoms with Crippen LogP contribution in [-0.4, -0.2) is 36.6 Å². The molecular formula is C21H22N2O5. The van der Waals surface area contributed by atoms with Crippen molar-refractivity contribution in [2.75, 3.05) is 14.2 Å². The quantitative estimate of drug-likeness (QED) is 0.757. The Bertz CT molecular complexity index is 974.